The summed E-state index contributed by atoms with van der Waals surface area (Å²) in [6, 6.07) is 11.0. The van der Waals surface area contributed by atoms with Crippen LogP contribution in [-0.2, 0) is 4.79 Å². The molecule has 0 aromatic heterocycles. The van der Waals surface area contributed by atoms with Crippen LogP contribution in [0, 0.1) is 10.5 Å². The fraction of sp³-hybridized carbons (Fsp3) is 0.125. The number of hydrogen-bond acceptors (Lipinski definition) is 2. The van der Waals surface area contributed by atoms with Crippen molar-refractivity contribution in [3.8, 4) is 0 Å². The molecule has 0 radical (unpaired) electrons. The maximum atomic E-state index is 12.5. The highest BCUT2D eigenvalue weighted by Crippen LogP contribution is 2.25. The third-order valence-corrected chi connectivity index (χ3v) is 4.34. The first-order chi connectivity index (χ1) is 10.4. The van der Waals surface area contributed by atoms with Gasteiger partial charge >= 0.3 is 0 Å². The molecule has 0 heterocycles. The van der Waals surface area contributed by atoms with Crippen LogP contribution in [0.15, 0.2) is 40.9 Å². The van der Waals surface area contributed by atoms with Gasteiger partial charge in [-0.25, -0.2) is 0 Å². The SMILES string of the molecule is CC(=O)Nc1ccc(C)cc1NC(=O)c1cc(Br)ccc1I. The number of rotatable bonds is 3. The summed E-state index contributed by atoms with van der Waals surface area (Å²) >= 11 is 5.49. The molecule has 0 unspecified atom stereocenters. The van der Waals surface area contributed by atoms with Gasteiger partial charge in [0.1, 0.15) is 0 Å². The fourth-order valence-electron chi connectivity index (χ4n) is 1.92. The standard InChI is InChI=1S/C16H14BrIN2O2/c1-9-3-6-14(19-10(2)21)15(7-9)20-16(22)12-8-11(17)4-5-13(12)18/h3-8H,1-2H3,(H,19,21)(H,20,22). The predicted molar refractivity (Wildman–Crippen MR) is 100 cm³/mol. The minimum absolute atomic E-state index is 0.184. The zero-order valence-corrected chi connectivity index (χ0v) is 15.8. The molecule has 0 aliphatic rings. The molecule has 2 aromatic rings. The van der Waals surface area contributed by atoms with Gasteiger partial charge in [0.05, 0.1) is 16.9 Å². The Bertz CT molecular complexity index is 747. The molecular weight excluding hydrogens is 459 g/mol. The third kappa shape index (κ3) is 4.30. The number of amides is 2. The number of carbonyl (C=O) groups excluding carboxylic acids is 2. The van der Waals surface area contributed by atoms with Crippen molar-refractivity contribution in [2.75, 3.05) is 10.6 Å². The molecule has 2 N–H and O–H groups in total. The number of benzene rings is 2. The van der Waals surface area contributed by atoms with Crippen molar-refractivity contribution in [1.29, 1.82) is 0 Å². The van der Waals surface area contributed by atoms with E-state index in [1.807, 2.05) is 31.2 Å². The molecule has 114 valence electrons. The van der Waals surface area contributed by atoms with E-state index < -0.39 is 0 Å². The highest BCUT2D eigenvalue weighted by Gasteiger charge is 2.13. The second kappa shape index (κ2) is 7.23. The summed E-state index contributed by atoms with van der Waals surface area (Å²) in [6.07, 6.45) is 0. The Morgan fingerprint density at radius 3 is 2.45 bits per heavy atom. The van der Waals surface area contributed by atoms with Crippen LogP contribution in [0.4, 0.5) is 11.4 Å². The van der Waals surface area contributed by atoms with E-state index in [0.717, 1.165) is 13.6 Å². The molecule has 0 fully saturated rings. The van der Waals surface area contributed by atoms with Crippen molar-refractivity contribution in [2.45, 2.75) is 13.8 Å². The second-order valence-electron chi connectivity index (χ2n) is 4.81. The van der Waals surface area contributed by atoms with Gasteiger partial charge in [0.2, 0.25) is 5.91 Å². The van der Waals surface area contributed by atoms with Gasteiger partial charge in [-0.15, -0.1) is 0 Å². The lowest BCUT2D eigenvalue weighted by molar-refractivity contribution is -0.114. The molecule has 2 rings (SSSR count). The van der Waals surface area contributed by atoms with Crippen molar-refractivity contribution in [3.05, 3.63) is 55.6 Å². The summed E-state index contributed by atoms with van der Waals surface area (Å²) in [5.41, 5.74) is 2.73. The third-order valence-electron chi connectivity index (χ3n) is 2.91. The average Bonchev–Trinajstić information content (AvgIpc) is 2.44. The summed E-state index contributed by atoms with van der Waals surface area (Å²) in [5.74, 6) is -0.403. The van der Waals surface area contributed by atoms with Gasteiger partial charge in [-0.1, -0.05) is 22.0 Å². The number of halogens is 2. The molecule has 0 saturated carbocycles. The maximum Gasteiger partial charge on any atom is 0.256 e. The molecule has 0 aliphatic heterocycles. The van der Waals surface area contributed by atoms with Crippen LogP contribution in [0.1, 0.15) is 22.8 Å². The summed E-state index contributed by atoms with van der Waals surface area (Å²) < 4.78 is 1.69. The van der Waals surface area contributed by atoms with Gasteiger partial charge in [0.25, 0.3) is 5.91 Å². The predicted octanol–water partition coefficient (Wildman–Crippen LogP) is 4.57. The molecule has 0 spiro atoms. The van der Waals surface area contributed by atoms with Crippen LogP contribution in [0.5, 0.6) is 0 Å². The lowest BCUT2D eigenvalue weighted by Crippen LogP contribution is -2.16. The number of nitrogens with one attached hydrogen (secondary N) is 2. The van der Waals surface area contributed by atoms with Crippen molar-refractivity contribution >= 4 is 61.7 Å². The normalized spacial score (nSPS) is 10.2. The number of carbonyl (C=O) groups is 2. The quantitative estimate of drug-likeness (QED) is 0.642. The average molecular weight is 473 g/mol. The zero-order chi connectivity index (χ0) is 16.3. The van der Waals surface area contributed by atoms with E-state index in [1.165, 1.54) is 6.92 Å². The number of hydrogen-bond donors (Lipinski definition) is 2. The van der Waals surface area contributed by atoms with E-state index in [9.17, 15) is 9.59 Å². The molecular formula is C16H14BrIN2O2. The molecule has 4 nitrogen and oxygen atoms in total. The molecule has 2 amide bonds. The van der Waals surface area contributed by atoms with Gasteiger partial charge in [-0.3, -0.25) is 9.59 Å². The van der Waals surface area contributed by atoms with Crippen LogP contribution >= 0.6 is 38.5 Å². The Kier molecular flexibility index (Phi) is 5.57. The van der Waals surface area contributed by atoms with Crippen molar-refractivity contribution < 1.29 is 9.59 Å². The van der Waals surface area contributed by atoms with Crippen LogP contribution < -0.4 is 10.6 Å². The minimum Gasteiger partial charge on any atom is -0.325 e. The molecule has 0 saturated heterocycles. The molecule has 0 atom stereocenters. The summed E-state index contributed by atoms with van der Waals surface area (Å²) in [7, 11) is 0. The zero-order valence-electron chi connectivity index (χ0n) is 12.0. The lowest BCUT2D eigenvalue weighted by Gasteiger charge is -2.13. The Morgan fingerprint density at radius 1 is 1.05 bits per heavy atom. The monoisotopic (exact) mass is 472 g/mol. The summed E-state index contributed by atoms with van der Waals surface area (Å²) in [5, 5.41) is 5.58. The van der Waals surface area contributed by atoms with Crippen LogP contribution in [0.2, 0.25) is 0 Å². The summed E-state index contributed by atoms with van der Waals surface area (Å²) in [6.45, 7) is 3.36. The highest BCUT2D eigenvalue weighted by atomic mass is 127. The Hall–Kier alpha value is -1.41. The number of anilines is 2. The van der Waals surface area contributed by atoms with Gasteiger partial charge in [0.15, 0.2) is 0 Å². The fourth-order valence-corrected chi connectivity index (χ4v) is 2.86. The topological polar surface area (TPSA) is 58.2 Å². The molecule has 2 aromatic carbocycles. The summed E-state index contributed by atoms with van der Waals surface area (Å²) in [4.78, 5) is 23.8. The maximum absolute atomic E-state index is 12.5. The highest BCUT2D eigenvalue weighted by molar-refractivity contribution is 14.1. The smallest absolute Gasteiger partial charge is 0.256 e. The Labute approximate surface area is 151 Å². The van der Waals surface area contributed by atoms with Crippen LogP contribution in [0.3, 0.4) is 0 Å². The molecule has 6 heteroatoms. The van der Waals surface area contributed by atoms with Gasteiger partial charge in [-0.05, 0) is 65.4 Å². The van der Waals surface area contributed by atoms with E-state index >= 15 is 0 Å². The number of aryl methyl sites for hydroxylation is 1. The van der Waals surface area contributed by atoms with Gasteiger partial charge in [-0.2, -0.15) is 0 Å². The van der Waals surface area contributed by atoms with Crippen molar-refractivity contribution in [2.24, 2.45) is 0 Å². The first-order valence-electron chi connectivity index (χ1n) is 6.51. The van der Waals surface area contributed by atoms with Crippen molar-refractivity contribution in [1.82, 2.24) is 0 Å². The van der Waals surface area contributed by atoms with Crippen LogP contribution in [-0.4, -0.2) is 11.8 Å². The second-order valence-corrected chi connectivity index (χ2v) is 6.89. The van der Waals surface area contributed by atoms with Gasteiger partial charge in [0, 0.05) is 15.0 Å². The Balaban J connectivity index is 2.33. The largest absolute Gasteiger partial charge is 0.325 e. The Morgan fingerprint density at radius 2 is 1.77 bits per heavy atom. The molecule has 22 heavy (non-hydrogen) atoms. The minimum atomic E-state index is -0.220. The first-order valence-corrected chi connectivity index (χ1v) is 8.38. The van der Waals surface area contributed by atoms with Crippen molar-refractivity contribution in [3.63, 3.8) is 0 Å². The van der Waals surface area contributed by atoms with E-state index in [4.69, 9.17) is 0 Å². The van der Waals surface area contributed by atoms with Gasteiger partial charge < -0.3 is 10.6 Å². The molecule has 0 aliphatic carbocycles. The van der Waals surface area contributed by atoms with E-state index in [1.54, 1.807) is 12.1 Å². The van der Waals surface area contributed by atoms with E-state index in [2.05, 4.69) is 49.2 Å². The van der Waals surface area contributed by atoms with E-state index in [-0.39, 0.29) is 11.8 Å². The van der Waals surface area contributed by atoms with E-state index in [0.29, 0.717) is 16.9 Å². The lowest BCUT2D eigenvalue weighted by atomic mass is 10.1. The molecule has 0 bridgehead atoms. The van der Waals surface area contributed by atoms with Crippen LogP contribution in [0.25, 0.3) is 0 Å². The first kappa shape index (κ1) is 17.0.